The average molecular weight is 582 g/mol. The SMILES string of the molecule is [CH2]CCCC(c1cc(C(C)(C)C)c(O)c(C(C)(C)C)c1)(C1CC(C)(C)N(C)C(C)(C)C1)C1CC(C)(C)N(C)C(C)(C)C1. The number of benzene rings is 1. The highest BCUT2D eigenvalue weighted by Gasteiger charge is 2.57. The molecule has 2 fully saturated rings. The molecule has 2 aliphatic rings. The standard InChI is InChI=1S/C39H69N2O/c1-18-19-20-39(28-23-35(8,9)40(16)36(10,11)24-28,29-25-37(12,13)41(17)38(14,15)26-29)27-21-30(33(2,3)4)32(42)31(22-27)34(5,6)7/h21-22,28-29,42H,1,18-20,23-26H2,2-17H3. The second-order valence-corrected chi connectivity index (χ2v) is 19.0. The van der Waals surface area contributed by atoms with Gasteiger partial charge in [0.15, 0.2) is 0 Å². The number of likely N-dealkylation sites (tertiary alicyclic amines) is 2. The summed E-state index contributed by atoms with van der Waals surface area (Å²) in [6.07, 6.45) is 7.92. The van der Waals surface area contributed by atoms with Crippen LogP contribution in [-0.4, -0.2) is 51.2 Å². The van der Waals surface area contributed by atoms with Gasteiger partial charge in [0.25, 0.3) is 0 Å². The highest BCUT2D eigenvalue weighted by molar-refractivity contribution is 5.52. The minimum absolute atomic E-state index is 0.0169. The maximum Gasteiger partial charge on any atom is 0.123 e. The summed E-state index contributed by atoms with van der Waals surface area (Å²) in [5.41, 5.74) is 3.71. The van der Waals surface area contributed by atoms with E-state index in [1.807, 2.05) is 0 Å². The molecule has 0 aliphatic carbocycles. The molecule has 2 saturated heterocycles. The number of hydrogen-bond donors (Lipinski definition) is 1. The van der Waals surface area contributed by atoms with E-state index in [0.717, 1.165) is 30.4 Å². The van der Waals surface area contributed by atoms with Gasteiger partial charge in [0.1, 0.15) is 5.75 Å². The number of phenols is 1. The van der Waals surface area contributed by atoms with Crippen molar-refractivity contribution in [2.45, 2.75) is 180 Å². The topological polar surface area (TPSA) is 26.7 Å². The molecule has 3 nitrogen and oxygen atoms in total. The van der Waals surface area contributed by atoms with E-state index in [1.165, 1.54) is 31.2 Å². The Balaban J connectivity index is 2.50. The Kier molecular flexibility index (Phi) is 9.34. The molecule has 0 bridgehead atoms. The Bertz CT molecular complexity index is 997. The van der Waals surface area contributed by atoms with E-state index >= 15 is 0 Å². The molecule has 2 heterocycles. The van der Waals surface area contributed by atoms with Crippen LogP contribution in [0.3, 0.4) is 0 Å². The molecule has 0 spiro atoms. The molecule has 1 radical (unpaired) electrons. The van der Waals surface area contributed by atoms with Gasteiger partial charge in [-0.05, 0) is 141 Å². The van der Waals surface area contributed by atoms with E-state index in [4.69, 9.17) is 0 Å². The molecule has 0 unspecified atom stereocenters. The molecule has 1 aromatic rings. The summed E-state index contributed by atoms with van der Waals surface area (Å²) in [5, 5.41) is 11.8. The molecule has 0 amide bonds. The van der Waals surface area contributed by atoms with Crippen LogP contribution in [0.4, 0.5) is 0 Å². The molecular formula is C39H69N2O. The van der Waals surface area contributed by atoms with Crippen LogP contribution in [0.5, 0.6) is 5.75 Å². The van der Waals surface area contributed by atoms with E-state index in [-0.39, 0.29) is 38.4 Å². The normalized spacial score (nSPS) is 24.2. The van der Waals surface area contributed by atoms with Gasteiger partial charge < -0.3 is 5.11 Å². The van der Waals surface area contributed by atoms with Crippen molar-refractivity contribution in [3.8, 4) is 5.75 Å². The van der Waals surface area contributed by atoms with Crippen molar-refractivity contribution in [3.05, 3.63) is 35.7 Å². The maximum atomic E-state index is 11.8. The van der Waals surface area contributed by atoms with Gasteiger partial charge in [-0.25, -0.2) is 0 Å². The summed E-state index contributed by atoms with van der Waals surface area (Å²) < 4.78 is 0. The summed E-state index contributed by atoms with van der Waals surface area (Å²) in [4.78, 5) is 5.28. The molecular weight excluding hydrogens is 512 g/mol. The highest BCUT2D eigenvalue weighted by Crippen LogP contribution is 2.60. The smallest absolute Gasteiger partial charge is 0.123 e. The van der Waals surface area contributed by atoms with Gasteiger partial charge in [0.2, 0.25) is 0 Å². The number of aromatic hydroxyl groups is 1. The molecule has 3 heteroatoms. The molecule has 2 aliphatic heterocycles. The van der Waals surface area contributed by atoms with Crippen molar-refractivity contribution >= 4 is 0 Å². The fraction of sp³-hybridized carbons (Fsp3) is 0.821. The molecule has 3 rings (SSSR count). The minimum atomic E-state index is -0.158. The fourth-order valence-electron chi connectivity index (χ4n) is 9.29. The quantitative estimate of drug-likeness (QED) is 0.362. The van der Waals surface area contributed by atoms with Crippen LogP contribution in [0, 0.1) is 18.8 Å². The van der Waals surface area contributed by atoms with Crippen molar-refractivity contribution in [1.29, 1.82) is 0 Å². The largest absolute Gasteiger partial charge is 0.507 e. The number of hydrogen-bond acceptors (Lipinski definition) is 3. The molecule has 241 valence electrons. The number of unbranched alkanes of at least 4 members (excludes halogenated alkanes) is 1. The summed E-state index contributed by atoms with van der Waals surface area (Å²) in [6, 6.07) is 4.93. The predicted octanol–water partition coefficient (Wildman–Crippen LogP) is 10.0. The summed E-state index contributed by atoms with van der Waals surface area (Å²) in [6.45, 7) is 37.7. The third kappa shape index (κ3) is 6.35. The number of rotatable bonds is 6. The van der Waals surface area contributed by atoms with Crippen molar-refractivity contribution in [3.63, 3.8) is 0 Å². The van der Waals surface area contributed by atoms with Crippen LogP contribution in [0.25, 0.3) is 0 Å². The first-order valence-electron chi connectivity index (χ1n) is 16.9. The number of phenolic OH excluding ortho intramolecular Hbond substituents is 1. The monoisotopic (exact) mass is 582 g/mol. The second-order valence-electron chi connectivity index (χ2n) is 19.0. The summed E-state index contributed by atoms with van der Waals surface area (Å²) >= 11 is 0. The Morgan fingerprint density at radius 2 is 1.00 bits per heavy atom. The first kappa shape index (κ1) is 35.4. The zero-order valence-electron chi connectivity index (χ0n) is 30.8. The highest BCUT2D eigenvalue weighted by atomic mass is 16.3. The van der Waals surface area contributed by atoms with Crippen LogP contribution >= 0.6 is 0 Å². The Hall–Kier alpha value is -1.06. The van der Waals surface area contributed by atoms with Crippen LogP contribution in [0.1, 0.15) is 159 Å². The van der Waals surface area contributed by atoms with Crippen LogP contribution in [-0.2, 0) is 16.2 Å². The third-order valence-corrected chi connectivity index (χ3v) is 12.2. The van der Waals surface area contributed by atoms with Crippen LogP contribution in [0.15, 0.2) is 12.1 Å². The van der Waals surface area contributed by atoms with Gasteiger partial charge in [-0.1, -0.05) is 73.4 Å². The molecule has 42 heavy (non-hydrogen) atoms. The minimum Gasteiger partial charge on any atom is -0.507 e. The van der Waals surface area contributed by atoms with Crippen molar-refractivity contribution in [1.82, 2.24) is 9.80 Å². The molecule has 0 saturated carbocycles. The zero-order valence-corrected chi connectivity index (χ0v) is 30.8. The van der Waals surface area contributed by atoms with E-state index in [9.17, 15) is 5.11 Å². The van der Waals surface area contributed by atoms with E-state index in [2.05, 4.69) is 140 Å². The lowest BCUT2D eigenvalue weighted by Crippen LogP contribution is -2.65. The molecule has 0 aromatic heterocycles. The summed E-state index contributed by atoms with van der Waals surface area (Å²) in [7, 11) is 4.68. The van der Waals surface area contributed by atoms with Crippen molar-refractivity contribution in [2.75, 3.05) is 14.1 Å². The lowest BCUT2D eigenvalue weighted by Gasteiger charge is -2.63. The third-order valence-electron chi connectivity index (χ3n) is 12.2. The zero-order chi connectivity index (χ0) is 32.5. The maximum absolute atomic E-state index is 11.8. The van der Waals surface area contributed by atoms with E-state index < -0.39 is 0 Å². The average Bonchev–Trinajstić information content (AvgIpc) is 2.79. The van der Waals surface area contributed by atoms with E-state index in [1.54, 1.807) is 0 Å². The Morgan fingerprint density at radius 1 is 0.690 bits per heavy atom. The van der Waals surface area contributed by atoms with Gasteiger partial charge >= 0.3 is 0 Å². The van der Waals surface area contributed by atoms with Gasteiger partial charge in [-0.3, -0.25) is 9.80 Å². The van der Waals surface area contributed by atoms with Crippen LogP contribution < -0.4 is 0 Å². The van der Waals surface area contributed by atoms with Crippen LogP contribution in [0.2, 0.25) is 0 Å². The van der Waals surface area contributed by atoms with Gasteiger partial charge in [-0.15, -0.1) is 0 Å². The first-order chi connectivity index (χ1) is 18.7. The fourth-order valence-corrected chi connectivity index (χ4v) is 9.29. The number of nitrogens with zero attached hydrogens (tertiary/aromatic N) is 2. The van der Waals surface area contributed by atoms with Crippen molar-refractivity contribution in [2.24, 2.45) is 11.8 Å². The van der Waals surface area contributed by atoms with Crippen molar-refractivity contribution < 1.29 is 5.11 Å². The van der Waals surface area contributed by atoms with Gasteiger partial charge in [-0.2, -0.15) is 0 Å². The number of piperidine rings is 2. The summed E-state index contributed by atoms with van der Waals surface area (Å²) in [5.74, 6) is 1.55. The molecule has 0 atom stereocenters. The van der Waals surface area contributed by atoms with Gasteiger partial charge in [0.05, 0.1) is 0 Å². The second kappa shape index (κ2) is 11.1. The lowest BCUT2D eigenvalue weighted by atomic mass is 9.49. The lowest BCUT2D eigenvalue weighted by molar-refractivity contribution is -0.0972. The molecule has 1 aromatic carbocycles. The predicted molar refractivity (Wildman–Crippen MR) is 184 cm³/mol. The Labute approximate surface area is 262 Å². The molecule has 1 N–H and O–H groups in total. The first-order valence-corrected chi connectivity index (χ1v) is 16.9. The van der Waals surface area contributed by atoms with Gasteiger partial charge in [0, 0.05) is 27.6 Å². The van der Waals surface area contributed by atoms with E-state index in [0.29, 0.717) is 17.6 Å². The Morgan fingerprint density at radius 3 is 1.26 bits per heavy atom.